The van der Waals surface area contributed by atoms with Crippen molar-refractivity contribution < 1.29 is 39.5 Å². The zero-order valence-corrected chi connectivity index (χ0v) is 15.5. The normalized spacial score (nSPS) is 28.4. The van der Waals surface area contributed by atoms with Crippen LogP contribution in [0.4, 0.5) is 4.79 Å². The third kappa shape index (κ3) is 5.79. The molecule has 0 aromatic carbocycles. The Bertz CT molecular complexity index is 537. The van der Waals surface area contributed by atoms with E-state index in [0.29, 0.717) is 6.42 Å². The van der Waals surface area contributed by atoms with Crippen molar-refractivity contribution in [3.63, 3.8) is 0 Å². The summed E-state index contributed by atoms with van der Waals surface area (Å²) in [6.07, 6.45) is -4.67. The van der Waals surface area contributed by atoms with Crippen LogP contribution in [0.15, 0.2) is 0 Å². The van der Waals surface area contributed by atoms with E-state index in [1.165, 1.54) is 0 Å². The van der Waals surface area contributed by atoms with E-state index in [1.807, 2.05) is 0 Å². The summed E-state index contributed by atoms with van der Waals surface area (Å²) in [5.74, 6) is 0.154. The smallest absolute Gasteiger partial charge is 0.315 e. The van der Waals surface area contributed by atoms with Crippen LogP contribution in [0.3, 0.4) is 0 Å². The minimum absolute atomic E-state index is 0.0335. The maximum absolute atomic E-state index is 11.8. The molecule has 2 heterocycles. The van der Waals surface area contributed by atoms with Crippen LogP contribution in [-0.4, -0.2) is 92.8 Å². The number of aliphatic hydroxyl groups is 4. The van der Waals surface area contributed by atoms with Crippen molar-refractivity contribution in [1.82, 2.24) is 10.6 Å². The fourth-order valence-electron chi connectivity index (χ4n) is 3.18. The average molecular weight is 406 g/mol. The fourth-order valence-corrected chi connectivity index (χ4v) is 4.72. The van der Waals surface area contributed by atoms with E-state index in [4.69, 9.17) is 9.84 Å². The van der Waals surface area contributed by atoms with Crippen LogP contribution in [0.25, 0.3) is 0 Å². The molecule has 2 amide bonds. The summed E-state index contributed by atoms with van der Waals surface area (Å²) in [6.45, 7) is -0.811. The van der Waals surface area contributed by atoms with Gasteiger partial charge in [0, 0.05) is 17.4 Å². The first-order chi connectivity index (χ1) is 12.9. The number of hydrogen-bond donors (Lipinski definition) is 6. The number of thioether (sulfide) groups is 1. The molecule has 0 spiro atoms. The van der Waals surface area contributed by atoms with Crippen molar-refractivity contribution in [2.45, 2.75) is 67.4 Å². The molecule has 6 N–H and O–H groups in total. The van der Waals surface area contributed by atoms with E-state index in [1.54, 1.807) is 11.8 Å². The van der Waals surface area contributed by atoms with Crippen molar-refractivity contribution in [2.75, 3.05) is 12.4 Å². The monoisotopic (exact) mass is 406 g/mol. The Balaban J connectivity index is 1.67. The molecular formula is C16H26N2O8S. The second kappa shape index (κ2) is 10.2. The first kappa shape index (κ1) is 21.9. The van der Waals surface area contributed by atoms with Gasteiger partial charge in [0.1, 0.15) is 18.3 Å². The SMILES string of the molecule is O=C[C@@H](OC(=O)CCCC[C@@H]1SC[C@@H]2NC(=O)N[C@@H]21)[C@@H](O)[C@H](O)[C@H](O)CO. The minimum atomic E-state index is -1.83. The predicted molar refractivity (Wildman–Crippen MR) is 95.0 cm³/mol. The Morgan fingerprint density at radius 3 is 2.67 bits per heavy atom. The van der Waals surface area contributed by atoms with Gasteiger partial charge in [0.2, 0.25) is 0 Å². The Morgan fingerprint density at radius 1 is 1.26 bits per heavy atom. The number of rotatable bonds is 11. The van der Waals surface area contributed by atoms with Crippen LogP contribution in [0.5, 0.6) is 0 Å². The molecule has 0 bridgehead atoms. The van der Waals surface area contributed by atoms with Gasteiger partial charge in [-0.15, -0.1) is 0 Å². The lowest BCUT2D eigenvalue weighted by Crippen LogP contribution is -2.48. The van der Waals surface area contributed by atoms with E-state index in [-0.39, 0.29) is 36.1 Å². The Kier molecular flexibility index (Phi) is 8.29. The molecule has 0 aromatic rings. The first-order valence-corrected chi connectivity index (χ1v) is 9.90. The largest absolute Gasteiger partial charge is 0.452 e. The molecule has 0 aliphatic carbocycles. The van der Waals surface area contributed by atoms with Gasteiger partial charge in [0.15, 0.2) is 12.4 Å². The number of carbonyl (C=O) groups excluding carboxylic acids is 3. The zero-order valence-electron chi connectivity index (χ0n) is 14.7. The van der Waals surface area contributed by atoms with Gasteiger partial charge >= 0.3 is 12.0 Å². The molecule has 0 unspecified atom stereocenters. The minimum Gasteiger partial charge on any atom is -0.452 e. The Hall–Kier alpha value is -1.40. The van der Waals surface area contributed by atoms with Crippen LogP contribution < -0.4 is 10.6 Å². The van der Waals surface area contributed by atoms with E-state index in [2.05, 4.69) is 10.6 Å². The topological polar surface area (TPSA) is 165 Å². The summed E-state index contributed by atoms with van der Waals surface area (Å²) in [6, 6.07) is 0.0994. The maximum atomic E-state index is 11.8. The van der Waals surface area contributed by atoms with Crippen LogP contribution in [-0.2, 0) is 14.3 Å². The molecule has 2 rings (SSSR count). The fraction of sp³-hybridized carbons (Fsp3) is 0.812. The van der Waals surface area contributed by atoms with Crippen molar-refractivity contribution in [3.05, 3.63) is 0 Å². The number of unbranched alkanes of at least 4 members (excludes halogenated alkanes) is 1. The van der Waals surface area contributed by atoms with Gasteiger partial charge in [0.25, 0.3) is 0 Å². The predicted octanol–water partition coefficient (Wildman–Crippen LogP) is -2.10. The van der Waals surface area contributed by atoms with Crippen LogP contribution in [0.1, 0.15) is 25.7 Å². The number of hydrogen-bond acceptors (Lipinski definition) is 9. The van der Waals surface area contributed by atoms with Gasteiger partial charge < -0.3 is 35.8 Å². The van der Waals surface area contributed by atoms with Gasteiger partial charge in [-0.3, -0.25) is 9.59 Å². The molecular weight excluding hydrogens is 380 g/mol. The molecule has 27 heavy (non-hydrogen) atoms. The van der Waals surface area contributed by atoms with Crippen molar-refractivity contribution in [1.29, 1.82) is 0 Å². The highest BCUT2D eigenvalue weighted by molar-refractivity contribution is 8.00. The van der Waals surface area contributed by atoms with Gasteiger partial charge in [0.05, 0.1) is 18.7 Å². The summed E-state index contributed by atoms with van der Waals surface area (Å²) in [5.41, 5.74) is 0. The highest BCUT2D eigenvalue weighted by atomic mass is 32.2. The standard InChI is InChI=1S/C16H26N2O8S/c19-5-9(21)14(23)15(24)10(6-20)26-12(22)4-2-1-3-11-13-8(7-27-11)17-16(25)18-13/h6,8-11,13-15,19,21,23-24H,1-5,7H2,(H2,17,18,25)/t8-,9+,10+,11-,13-,14+,15+/m0/s1. The number of fused-ring (bicyclic) bond motifs is 1. The lowest BCUT2D eigenvalue weighted by Gasteiger charge is -2.25. The van der Waals surface area contributed by atoms with Gasteiger partial charge in [-0.2, -0.15) is 11.8 Å². The number of nitrogens with one attached hydrogen (secondary N) is 2. The van der Waals surface area contributed by atoms with E-state index < -0.39 is 37.0 Å². The van der Waals surface area contributed by atoms with Gasteiger partial charge in [-0.05, 0) is 12.8 Å². The van der Waals surface area contributed by atoms with E-state index in [0.717, 1.165) is 18.6 Å². The second-order valence-electron chi connectivity index (χ2n) is 6.69. The lowest BCUT2D eigenvalue weighted by atomic mass is 10.0. The first-order valence-electron chi connectivity index (χ1n) is 8.85. The molecule has 154 valence electrons. The molecule has 7 atom stereocenters. The molecule has 10 nitrogen and oxygen atoms in total. The van der Waals surface area contributed by atoms with Crippen LogP contribution >= 0.6 is 11.8 Å². The van der Waals surface area contributed by atoms with E-state index in [9.17, 15) is 29.7 Å². The molecule has 2 saturated heterocycles. The number of carbonyl (C=O) groups is 3. The molecule has 0 aromatic heterocycles. The summed E-state index contributed by atoms with van der Waals surface area (Å²) in [4.78, 5) is 34.2. The number of aliphatic hydroxyl groups excluding tert-OH is 4. The quantitative estimate of drug-likeness (QED) is 0.0975. The average Bonchev–Trinajstić information content (AvgIpc) is 3.20. The number of aldehydes is 1. The number of urea groups is 1. The molecule has 2 aliphatic heterocycles. The van der Waals surface area contributed by atoms with E-state index >= 15 is 0 Å². The van der Waals surface area contributed by atoms with Crippen LogP contribution in [0, 0.1) is 0 Å². The highest BCUT2D eigenvalue weighted by Crippen LogP contribution is 2.33. The zero-order chi connectivity index (χ0) is 20.0. The van der Waals surface area contributed by atoms with Gasteiger partial charge in [-0.25, -0.2) is 4.79 Å². The molecule has 2 aliphatic rings. The summed E-state index contributed by atoms with van der Waals surface area (Å²) < 4.78 is 4.85. The highest BCUT2D eigenvalue weighted by Gasteiger charge is 2.42. The number of ether oxygens (including phenoxy) is 1. The number of amides is 2. The van der Waals surface area contributed by atoms with Crippen molar-refractivity contribution in [3.8, 4) is 0 Å². The van der Waals surface area contributed by atoms with Crippen LogP contribution in [0.2, 0.25) is 0 Å². The van der Waals surface area contributed by atoms with Gasteiger partial charge in [-0.1, -0.05) is 6.42 Å². The Labute approximate surface area is 160 Å². The number of esters is 1. The summed E-state index contributed by atoms with van der Waals surface area (Å²) >= 11 is 1.78. The third-order valence-electron chi connectivity index (χ3n) is 4.73. The van der Waals surface area contributed by atoms with Crippen molar-refractivity contribution >= 4 is 30.0 Å². The Morgan fingerprint density at radius 2 is 2.00 bits per heavy atom. The molecule has 0 saturated carbocycles. The molecule has 2 fully saturated rings. The summed E-state index contributed by atoms with van der Waals surface area (Å²) in [5, 5.41) is 43.4. The molecule has 11 heteroatoms. The third-order valence-corrected chi connectivity index (χ3v) is 6.24. The maximum Gasteiger partial charge on any atom is 0.315 e. The lowest BCUT2D eigenvalue weighted by molar-refractivity contribution is -0.168. The molecule has 0 radical (unpaired) electrons. The van der Waals surface area contributed by atoms with Crippen molar-refractivity contribution in [2.24, 2.45) is 0 Å². The summed E-state index contributed by atoms with van der Waals surface area (Å²) in [7, 11) is 0. The second-order valence-corrected chi connectivity index (χ2v) is 7.96.